The van der Waals surface area contributed by atoms with Crippen molar-refractivity contribution in [2.45, 2.75) is 12.0 Å². The van der Waals surface area contributed by atoms with Crippen molar-refractivity contribution in [1.29, 1.82) is 5.26 Å². The van der Waals surface area contributed by atoms with Gasteiger partial charge in [0.1, 0.15) is 11.8 Å². The molecule has 0 radical (unpaired) electrons. The maximum atomic E-state index is 9.27. The van der Waals surface area contributed by atoms with E-state index in [4.69, 9.17) is 8.92 Å². The summed E-state index contributed by atoms with van der Waals surface area (Å²) < 4.78 is 11.0. The zero-order valence-electron chi connectivity index (χ0n) is 7.77. The summed E-state index contributed by atoms with van der Waals surface area (Å²) in [7, 11) is 1.19. The minimum atomic E-state index is -0.860. The van der Waals surface area contributed by atoms with Gasteiger partial charge in [0.25, 0.3) is 0 Å². The first-order valence-corrected chi connectivity index (χ1v) is 7.71. The van der Waals surface area contributed by atoms with Gasteiger partial charge in [0.05, 0.1) is 15.8 Å². The van der Waals surface area contributed by atoms with Gasteiger partial charge in [-0.1, -0.05) is 18.2 Å². The van der Waals surface area contributed by atoms with Gasteiger partial charge in [-0.2, -0.15) is 5.26 Å². The van der Waals surface area contributed by atoms with Crippen LogP contribution in [0.15, 0.2) is 24.3 Å². The highest BCUT2D eigenvalue weighted by atomic mass is 127. The molecule has 1 heterocycles. The largest absolute Gasteiger partial charge is 0.493 e. The average molecular weight is 333 g/mol. The lowest BCUT2D eigenvalue weighted by Gasteiger charge is -2.31. The van der Waals surface area contributed by atoms with E-state index in [2.05, 4.69) is 6.07 Å². The number of hydrogen-bond acceptors (Lipinski definition) is 4. The number of halogens is 1. The molecule has 1 aliphatic heterocycles. The average Bonchev–Trinajstić information content (AvgIpc) is 2.30. The number of benzene rings is 1. The van der Waals surface area contributed by atoms with Crippen LogP contribution in [-0.2, 0) is 9.78 Å². The Balaban J connectivity index is 2.48. The van der Waals surface area contributed by atoms with Crippen molar-refractivity contribution in [3.63, 3.8) is 0 Å². The zero-order valence-corrected chi connectivity index (χ0v) is 10.7. The van der Waals surface area contributed by atoms with Crippen LogP contribution in [0.5, 0.6) is 5.75 Å². The maximum absolute atomic E-state index is 9.27. The van der Waals surface area contributed by atoms with Crippen LogP contribution in [-0.4, -0.2) is 6.61 Å². The standard InChI is InChI=1S/C10H8INO2S/c11-15-14-10(7-12)5-6-13-9-4-2-1-3-8(9)10/h1-4H,5-6H2. The number of nitriles is 1. The van der Waals surface area contributed by atoms with E-state index in [1.54, 1.807) is 0 Å². The van der Waals surface area contributed by atoms with Crippen molar-refractivity contribution in [2.75, 3.05) is 6.61 Å². The SMILES string of the molecule is N#CC1(OSI)CCOc2ccccc21. The number of para-hydroxylation sites is 1. The molecule has 0 N–H and O–H groups in total. The second kappa shape index (κ2) is 4.60. The highest BCUT2D eigenvalue weighted by molar-refractivity contribution is 14.2. The molecule has 1 aromatic rings. The van der Waals surface area contributed by atoms with Crippen molar-refractivity contribution in [2.24, 2.45) is 0 Å². The van der Waals surface area contributed by atoms with Crippen molar-refractivity contribution in [3.8, 4) is 11.8 Å². The van der Waals surface area contributed by atoms with E-state index in [-0.39, 0.29) is 0 Å². The van der Waals surface area contributed by atoms with Gasteiger partial charge >= 0.3 is 0 Å². The van der Waals surface area contributed by atoms with Crippen molar-refractivity contribution in [1.82, 2.24) is 0 Å². The number of ether oxygens (including phenoxy) is 1. The molecule has 0 saturated carbocycles. The topological polar surface area (TPSA) is 42.2 Å². The summed E-state index contributed by atoms with van der Waals surface area (Å²) in [6.45, 7) is 0.516. The van der Waals surface area contributed by atoms with Crippen LogP contribution in [0.1, 0.15) is 12.0 Å². The van der Waals surface area contributed by atoms with Crippen LogP contribution >= 0.6 is 30.4 Å². The number of fused-ring (bicyclic) bond motifs is 1. The summed E-state index contributed by atoms with van der Waals surface area (Å²) in [5, 5.41) is 9.27. The van der Waals surface area contributed by atoms with Crippen molar-refractivity contribution >= 4 is 30.4 Å². The maximum Gasteiger partial charge on any atom is 0.201 e. The van der Waals surface area contributed by atoms with Gasteiger partial charge in [-0.05, 0) is 6.07 Å². The Bertz CT molecular complexity index is 407. The van der Waals surface area contributed by atoms with Gasteiger partial charge in [0.2, 0.25) is 5.60 Å². The summed E-state index contributed by atoms with van der Waals surface area (Å²) in [4.78, 5) is 0. The fraction of sp³-hybridized carbons (Fsp3) is 0.300. The monoisotopic (exact) mass is 333 g/mol. The van der Waals surface area contributed by atoms with E-state index < -0.39 is 5.60 Å². The second-order valence-electron chi connectivity index (χ2n) is 3.18. The molecule has 0 bridgehead atoms. The summed E-state index contributed by atoms with van der Waals surface area (Å²) in [6, 6.07) is 9.77. The molecule has 15 heavy (non-hydrogen) atoms. The van der Waals surface area contributed by atoms with Gasteiger partial charge in [-0.15, -0.1) is 0 Å². The quantitative estimate of drug-likeness (QED) is 0.616. The number of hydrogen-bond donors (Lipinski definition) is 0. The number of nitrogens with zero attached hydrogens (tertiary/aromatic N) is 1. The summed E-state index contributed by atoms with van der Waals surface area (Å²) in [6.07, 6.45) is 0.566. The molecule has 2 rings (SSSR count). The normalized spacial score (nSPS) is 23.7. The lowest BCUT2D eigenvalue weighted by Crippen LogP contribution is -2.32. The first-order valence-electron chi connectivity index (χ1n) is 4.42. The number of rotatable bonds is 2. The summed E-state index contributed by atoms with van der Waals surface area (Å²) in [5.74, 6) is 0.746. The van der Waals surface area contributed by atoms with Gasteiger partial charge in [-0.25, -0.2) is 0 Å². The molecule has 0 aromatic heterocycles. The van der Waals surface area contributed by atoms with E-state index in [9.17, 15) is 5.26 Å². The summed E-state index contributed by atoms with van der Waals surface area (Å²) >= 11 is 2.02. The fourth-order valence-corrected chi connectivity index (χ4v) is 2.88. The zero-order chi connectivity index (χ0) is 10.7. The van der Waals surface area contributed by atoms with Gasteiger partial charge in [0, 0.05) is 33.2 Å². The molecule has 78 valence electrons. The first kappa shape index (κ1) is 11.0. The Morgan fingerprint density at radius 2 is 2.33 bits per heavy atom. The van der Waals surface area contributed by atoms with Crippen molar-refractivity contribution < 1.29 is 8.92 Å². The predicted molar refractivity (Wildman–Crippen MR) is 66.5 cm³/mol. The molecule has 1 aliphatic rings. The smallest absolute Gasteiger partial charge is 0.201 e. The first-order chi connectivity index (χ1) is 7.32. The van der Waals surface area contributed by atoms with E-state index in [0.717, 1.165) is 11.3 Å². The Kier molecular flexibility index (Phi) is 3.38. The molecular weight excluding hydrogens is 325 g/mol. The molecule has 5 heteroatoms. The molecule has 0 saturated heterocycles. The minimum Gasteiger partial charge on any atom is -0.493 e. The second-order valence-corrected chi connectivity index (χ2v) is 4.55. The molecule has 1 atom stereocenters. The molecule has 1 aromatic carbocycles. The third-order valence-corrected chi connectivity index (χ3v) is 3.28. The van der Waals surface area contributed by atoms with Crippen LogP contribution < -0.4 is 4.74 Å². The lowest BCUT2D eigenvalue weighted by molar-refractivity contribution is 0.0977. The van der Waals surface area contributed by atoms with Gasteiger partial charge < -0.3 is 4.74 Å². The van der Waals surface area contributed by atoms with Crippen molar-refractivity contribution in [3.05, 3.63) is 29.8 Å². The Morgan fingerprint density at radius 1 is 1.53 bits per heavy atom. The third-order valence-electron chi connectivity index (χ3n) is 2.39. The van der Waals surface area contributed by atoms with Crippen LogP contribution in [0.25, 0.3) is 0 Å². The molecule has 0 amide bonds. The lowest BCUT2D eigenvalue weighted by atomic mass is 9.90. The highest BCUT2D eigenvalue weighted by Gasteiger charge is 2.39. The Morgan fingerprint density at radius 3 is 3.07 bits per heavy atom. The van der Waals surface area contributed by atoms with E-state index in [1.165, 1.54) is 9.21 Å². The highest BCUT2D eigenvalue weighted by Crippen LogP contribution is 2.42. The molecule has 0 aliphatic carbocycles. The summed E-state index contributed by atoms with van der Waals surface area (Å²) in [5.41, 5.74) is -0.0383. The molecule has 0 spiro atoms. The van der Waals surface area contributed by atoms with E-state index >= 15 is 0 Å². The Labute approximate surface area is 105 Å². The Hall–Kier alpha value is -0.450. The van der Waals surface area contributed by atoms with Crippen LogP contribution in [0.3, 0.4) is 0 Å². The minimum absolute atomic E-state index is 0.516. The van der Waals surface area contributed by atoms with E-state index in [1.807, 2.05) is 45.5 Å². The molecule has 0 fully saturated rings. The van der Waals surface area contributed by atoms with Gasteiger partial charge in [0.15, 0.2) is 0 Å². The van der Waals surface area contributed by atoms with Crippen LogP contribution in [0.4, 0.5) is 0 Å². The third kappa shape index (κ3) is 1.94. The van der Waals surface area contributed by atoms with Crippen LogP contribution in [0.2, 0.25) is 0 Å². The molecule has 1 unspecified atom stereocenters. The van der Waals surface area contributed by atoms with Gasteiger partial charge in [-0.3, -0.25) is 4.18 Å². The fourth-order valence-electron chi connectivity index (χ4n) is 1.64. The molecular formula is C10H8INO2S. The van der Waals surface area contributed by atoms with Crippen LogP contribution in [0, 0.1) is 11.3 Å². The predicted octanol–water partition coefficient (Wildman–Crippen LogP) is 3.20. The molecule has 3 nitrogen and oxygen atoms in total. The van der Waals surface area contributed by atoms with E-state index in [0.29, 0.717) is 13.0 Å².